The lowest BCUT2D eigenvalue weighted by molar-refractivity contribution is -0.143. The largest absolute Gasteiger partial charge is 0.490 e. The lowest BCUT2D eigenvalue weighted by Gasteiger charge is -2.24. The summed E-state index contributed by atoms with van der Waals surface area (Å²) in [6, 6.07) is 8.44. The summed E-state index contributed by atoms with van der Waals surface area (Å²) < 4.78 is 17.8. The van der Waals surface area contributed by atoms with Crippen molar-refractivity contribution in [3.05, 3.63) is 83.0 Å². The zero-order chi connectivity index (χ0) is 31.7. The number of allylic oxidation sites excluding steroid dienone is 5. The highest BCUT2D eigenvalue weighted by molar-refractivity contribution is 6.07. The Hall–Kier alpha value is -3.93. The fraction of sp³-hybridized carbons (Fsp3) is 0.417. The van der Waals surface area contributed by atoms with Gasteiger partial charge in [0.15, 0.2) is 5.78 Å². The van der Waals surface area contributed by atoms with Crippen molar-refractivity contribution in [3.63, 3.8) is 0 Å². The van der Waals surface area contributed by atoms with Crippen LogP contribution in [0.1, 0.15) is 96.3 Å². The Morgan fingerprint density at radius 2 is 1.26 bits per heavy atom. The van der Waals surface area contributed by atoms with E-state index in [0.29, 0.717) is 41.2 Å². The summed E-state index contributed by atoms with van der Waals surface area (Å²) in [5.41, 5.74) is 1.31. The second-order valence-electron chi connectivity index (χ2n) is 12.5. The van der Waals surface area contributed by atoms with Crippen LogP contribution in [0.3, 0.4) is 0 Å². The molecule has 0 aliphatic carbocycles. The lowest BCUT2D eigenvalue weighted by Crippen LogP contribution is -2.26. The van der Waals surface area contributed by atoms with Crippen molar-refractivity contribution in [1.29, 1.82) is 0 Å². The molecule has 0 atom stereocenters. The molecule has 0 spiro atoms. The summed E-state index contributed by atoms with van der Waals surface area (Å²) >= 11 is 0. The quantitative estimate of drug-likeness (QED) is 0.0880. The number of carbonyl (C=O) groups excluding carboxylic acids is 3. The molecule has 6 nitrogen and oxygen atoms in total. The number of hydrogen-bond donors (Lipinski definition) is 0. The monoisotopic (exact) mass is 574 g/mol. The minimum atomic E-state index is -0.741. The van der Waals surface area contributed by atoms with Gasteiger partial charge in [-0.1, -0.05) is 24.3 Å². The van der Waals surface area contributed by atoms with Crippen molar-refractivity contribution in [3.8, 4) is 17.2 Å². The van der Waals surface area contributed by atoms with Crippen LogP contribution in [0.2, 0.25) is 0 Å². The van der Waals surface area contributed by atoms with E-state index in [4.69, 9.17) is 14.2 Å². The summed E-state index contributed by atoms with van der Waals surface area (Å²) in [5.74, 6) is 0.301. The van der Waals surface area contributed by atoms with Gasteiger partial charge in [0.25, 0.3) is 0 Å². The van der Waals surface area contributed by atoms with Gasteiger partial charge in [0.2, 0.25) is 0 Å². The molecule has 0 heterocycles. The highest BCUT2D eigenvalue weighted by Gasteiger charge is 2.28. The first-order valence-corrected chi connectivity index (χ1v) is 14.4. The number of benzene rings is 2. The molecule has 6 heteroatoms. The van der Waals surface area contributed by atoms with E-state index in [1.54, 1.807) is 71.9 Å². The third kappa shape index (κ3) is 9.86. The van der Waals surface area contributed by atoms with E-state index in [-0.39, 0.29) is 23.8 Å². The van der Waals surface area contributed by atoms with Gasteiger partial charge < -0.3 is 14.2 Å². The van der Waals surface area contributed by atoms with Crippen LogP contribution in [0.25, 0.3) is 6.08 Å². The highest BCUT2D eigenvalue weighted by Crippen LogP contribution is 2.40. The van der Waals surface area contributed by atoms with Gasteiger partial charge in [-0.3, -0.25) is 14.4 Å². The van der Waals surface area contributed by atoms with Crippen LogP contribution in [0.15, 0.2) is 60.7 Å². The van der Waals surface area contributed by atoms with Gasteiger partial charge in [-0.05, 0) is 136 Å². The zero-order valence-electron chi connectivity index (χ0n) is 26.8. The van der Waals surface area contributed by atoms with E-state index < -0.39 is 10.8 Å². The van der Waals surface area contributed by atoms with Gasteiger partial charge in [-0.15, -0.1) is 0 Å². The third-order valence-electron chi connectivity index (χ3n) is 6.09. The number of carbonyl (C=O) groups is 3. The minimum Gasteiger partial charge on any atom is -0.490 e. The molecule has 2 aromatic rings. The number of ketones is 1. The van der Waals surface area contributed by atoms with E-state index in [2.05, 4.69) is 0 Å². The number of ether oxygens (including phenoxy) is 3. The summed E-state index contributed by atoms with van der Waals surface area (Å²) in [7, 11) is 0. The summed E-state index contributed by atoms with van der Waals surface area (Å²) in [6.45, 7) is 18.5. The standard InChI is InChI=1S/C36H46O6/c1-11-13-15-26-23-27(16-14-12-2)32(42-34(39)36(8,9)10)29(31(26)40-24(3)4)21-22-30(37)25-17-19-28(20-18-25)41-33(38)35(5,6)7/h11-14,17-24H,15-16H2,1-10H3/b13-11+,14-12+,22-21+. The number of hydrogen-bond acceptors (Lipinski definition) is 6. The van der Waals surface area contributed by atoms with Crippen LogP contribution >= 0.6 is 0 Å². The molecule has 0 amide bonds. The predicted molar refractivity (Wildman–Crippen MR) is 169 cm³/mol. The summed E-state index contributed by atoms with van der Waals surface area (Å²) in [5, 5.41) is 0. The second-order valence-corrected chi connectivity index (χ2v) is 12.5. The van der Waals surface area contributed by atoms with Gasteiger partial charge in [-0.25, -0.2) is 0 Å². The molecular weight excluding hydrogens is 528 g/mol. The smallest absolute Gasteiger partial charge is 0.316 e. The first-order chi connectivity index (χ1) is 19.6. The van der Waals surface area contributed by atoms with Crippen molar-refractivity contribution in [2.24, 2.45) is 10.8 Å². The minimum absolute atomic E-state index is 0.159. The van der Waals surface area contributed by atoms with Crippen LogP contribution in [0.5, 0.6) is 17.2 Å². The Morgan fingerprint density at radius 3 is 1.74 bits per heavy atom. The Morgan fingerprint density at radius 1 is 0.762 bits per heavy atom. The molecule has 0 unspecified atom stereocenters. The SMILES string of the molecule is C/C=C/Cc1cc(C/C=C/C)c(OC(C)C)c(/C=C/C(=O)c2ccc(OC(=O)C(C)(C)C)cc2)c1OC(=O)C(C)(C)C. The molecular formula is C36H46O6. The average molecular weight is 575 g/mol. The Bertz CT molecular complexity index is 1340. The fourth-order valence-corrected chi connectivity index (χ4v) is 3.68. The van der Waals surface area contributed by atoms with Crippen molar-refractivity contribution >= 4 is 23.8 Å². The highest BCUT2D eigenvalue weighted by atomic mass is 16.5. The number of esters is 2. The van der Waals surface area contributed by atoms with E-state index >= 15 is 0 Å². The maximum atomic E-state index is 13.3. The van der Waals surface area contributed by atoms with Crippen LogP contribution in [0.4, 0.5) is 0 Å². The average Bonchev–Trinajstić information content (AvgIpc) is 2.90. The van der Waals surface area contributed by atoms with Crippen molar-refractivity contribution < 1.29 is 28.6 Å². The Labute approximate surface area is 251 Å². The van der Waals surface area contributed by atoms with E-state index in [1.165, 1.54) is 6.08 Å². The normalized spacial score (nSPS) is 12.5. The molecule has 42 heavy (non-hydrogen) atoms. The van der Waals surface area contributed by atoms with Crippen LogP contribution in [-0.2, 0) is 22.4 Å². The maximum absolute atomic E-state index is 13.3. The first kappa shape index (κ1) is 34.3. The zero-order valence-corrected chi connectivity index (χ0v) is 26.8. The molecule has 0 fully saturated rings. The topological polar surface area (TPSA) is 78.9 Å². The molecule has 0 aliphatic heterocycles. The molecule has 0 aromatic heterocycles. The summed E-state index contributed by atoms with van der Waals surface area (Å²) in [4.78, 5) is 38.6. The van der Waals surface area contributed by atoms with Crippen molar-refractivity contribution in [2.75, 3.05) is 0 Å². The van der Waals surface area contributed by atoms with Crippen LogP contribution in [0, 0.1) is 10.8 Å². The molecule has 0 aliphatic rings. The van der Waals surface area contributed by atoms with Gasteiger partial charge in [0.1, 0.15) is 17.2 Å². The molecule has 2 aromatic carbocycles. The van der Waals surface area contributed by atoms with E-state index in [0.717, 1.165) is 11.1 Å². The Kier molecular flexibility index (Phi) is 12.1. The van der Waals surface area contributed by atoms with Gasteiger partial charge in [-0.2, -0.15) is 0 Å². The van der Waals surface area contributed by atoms with Gasteiger partial charge in [0.05, 0.1) is 22.5 Å². The predicted octanol–water partition coefficient (Wildman–Crippen LogP) is 8.51. The Balaban J connectivity index is 2.66. The van der Waals surface area contributed by atoms with Crippen LogP contribution in [-0.4, -0.2) is 23.8 Å². The summed E-state index contributed by atoms with van der Waals surface area (Å²) in [6.07, 6.45) is 12.1. The fourth-order valence-electron chi connectivity index (χ4n) is 3.68. The molecule has 0 saturated carbocycles. The number of rotatable bonds is 11. The van der Waals surface area contributed by atoms with Crippen molar-refractivity contribution in [1.82, 2.24) is 0 Å². The van der Waals surface area contributed by atoms with E-state index in [9.17, 15) is 14.4 Å². The molecule has 0 bridgehead atoms. The lowest BCUT2D eigenvalue weighted by atomic mass is 9.95. The van der Waals surface area contributed by atoms with Crippen molar-refractivity contribution in [2.45, 2.75) is 88.2 Å². The van der Waals surface area contributed by atoms with E-state index in [1.807, 2.05) is 58.1 Å². The molecule has 0 radical (unpaired) electrons. The molecule has 0 N–H and O–H groups in total. The molecule has 2 rings (SSSR count). The van der Waals surface area contributed by atoms with Gasteiger partial charge in [0, 0.05) is 5.56 Å². The molecule has 0 saturated heterocycles. The first-order valence-electron chi connectivity index (χ1n) is 14.4. The van der Waals surface area contributed by atoms with Gasteiger partial charge >= 0.3 is 11.9 Å². The van der Waals surface area contributed by atoms with Crippen LogP contribution < -0.4 is 14.2 Å². The second kappa shape index (κ2) is 14.8. The maximum Gasteiger partial charge on any atom is 0.316 e. The molecule has 226 valence electrons. The third-order valence-corrected chi connectivity index (χ3v) is 6.09.